The number of ether oxygens (including phenoxy) is 2. The van der Waals surface area contributed by atoms with E-state index < -0.39 is 53.6 Å². The minimum Gasteiger partial charge on any atom is -0.466 e. The highest BCUT2D eigenvalue weighted by Crippen LogP contribution is 2.35. The van der Waals surface area contributed by atoms with E-state index >= 15 is 0 Å². The molecule has 1 saturated heterocycles. The van der Waals surface area contributed by atoms with Crippen LogP contribution in [-0.2, 0) is 20.4 Å². The molecule has 238 valence electrons. The first-order valence-electron chi connectivity index (χ1n) is 13.4. The normalized spacial score (nSPS) is 20.8. The first-order chi connectivity index (χ1) is 20.9. The number of amides is 4. The summed E-state index contributed by atoms with van der Waals surface area (Å²) >= 11 is 0. The molecule has 1 aromatic carbocycles. The molecule has 17 heteroatoms. The Hall–Kier alpha value is -4.22. The summed E-state index contributed by atoms with van der Waals surface area (Å²) in [7, 11) is 2.39. The number of halogens is 5. The number of hydrogen-bond acceptors (Lipinski definition) is 9. The molecule has 2 aromatic rings. The number of imide groups is 1. The third-order valence-electron chi connectivity index (χ3n) is 7.02. The van der Waals surface area contributed by atoms with E-state index in [2.05, 4.69) is 31.2 Å². The summed E-state index contributed by atoms with van der Waals surface area (Å²) in [5, 5.41) is 11.3. The predicted octanol–water partition coefficient (Wildman–Crippen LogP) is 2.71. The van der Waals surface area contributed by atoms with Gasteiger partial charge >= 0.3 is 24.2 Å². The molecule has 0 spiro atoms. The molecule has 3 heterocycles. The van der Waals surface area contributed by atoms with Crippen LogP contribution < -0.4 is 21.3 Å². The van der Waals surface area contributed by atoms with Crippen LogP contribution in [0, 0.1) is 11.6 Å². The van der Waals surface area contributed by atoms with Crippen LogP contribution in [-0.4, -0.2) is 79.4 Å². The van der Waals surface area contributed by atoms with Gasteiger partial charge in [0.25, 0.3) is 0 Å². The van der Waals surface area contributed by atoms with E-state index in [0.29, 0.717) is 24.3 Å². The van der Waals surface area contributed by atoms with Crippen LogP contribution in [0.1, 0.15) is 42.0 Å². The Kier molecular flexibility index (Phi) is 10.4. The van der Waals surface area contributed by atoms with Crippen molar-refractivity contribution in [3.8, 4) is 0 Å². The lowest BCUT2D eigenvalue weighted by Gasteiger charge is -2.36. The summed E-state index contributed by atoms with van der Waals surface area (Å²) in [5.41, 5.74) is -1.34. The molecule has 44 heavy (non-hydrogen) atoms. The maximum Gasteiger partial charge on any atom is 0.433 e. The Balaban J connectivity index is 1.44. The molecule has 1 aromatic heterocycles. The third-order valence-corrected chi connectivity index (χ3v) is 7.02. The molecule has 3 atom stereocenters. The summed E-state index contributed by atoms with van der Waals surface area (Å²) in [6.45, 7) is 0.416. The number of rotatable bonds is 9. The minimum absolute atomic E-state index is 0.00995. The Morgan fingerprint density at radius 1 is 1.14 bits per heavy atom. The van der Waals surface area contributed by atoms with Crippen LogP contribution in [0.2, 0.25) is 0 Å². The minimum atomic E-state index is -4.60. The quantitative estimate of drug-likeness (QED) is 0.187. The molecule has 0 bridgehead atoms. The lowest BCUT2D eigenvalue weighted by Crippen LogP contribution is -2.56. The molecule has 1 fully saturated rings. The first kappa shape index (κ1) is 32.7. The van der Waals surface area contributed by atoms with Crippen LogP contribution in [0.4, 0.5) is 31.5 Å². The van der Waals surface area contributed by atoms with Crippen molar-refractivity contribution in [2.45, 2.75) is 37.1 Å². The fraction of sp³-hybridized carbons (Fsp3) is 0.444. The maximum atomic E-state index is 14.2. The molecule has 4 N–H and O–H groups in total. The number of carbonyl (C=O) groups excluding carboxylic acids is 3. The standard InChI is InChI=1S/C27H30F5N7O5/c1-43-13-19-21(24(40)44-2)22(14-3-4-16(28)17(29)11-14)39(26(42)37-19)25(41)36-10-9-33-15-5-7-34-18(12-15)23-35-8-6-20(38-23)27(30,31)32/h3-4,6,8,11,15,18,22,33-34H,5,7,9-10,12-13H2,1-2H3,(H,36,41)(H,37,42)/t15?,18?,22-/m0/s1. The van der Waals surface area contributed by atoms with Crippen molar-refractivity contribution in [3.05, 3.63) is 70.4 Å². The average Bonchev–Trinajstić information content (AvgIpc) is 3.00. The van der Waals surface area contributed by atoms with E-state index in [1.165, 1.54) is 7.11 Å². The van der Waals surface area contributed by atoms with Gasteiger partial charge in [0.15, 0.2) is 11.6 Å². The van der Waals surface area contributed by atoms with Gasteiger partial charge in [-0.15, -0.1) is 0 Å². The van der Waals surface area contributed by atoms with E-state index in [1.54, 1.807) is 0 Å². The second kappa shape index (κ2) is 14.0. The second-order valence-corrected chi connectivity index (χ2v) is 9.90. The number of benzene rings is 1. The summed E-state index contributed by atoms with van der Waals surface area (Å²) in [6.07, 6.45) is -2.54. The molecule has 0 radical (unpaired) electrons. The molecule has 4 rings (SSSR count). The van der Waals surface area contributed by atoms with E-state index in [-0.39, 0.29) is 48.4 Å². The highest BCUT2D eigenvalue weighted by Gasteiger charge is 2.43. The third kappa shape index (κ3) is 7.46. The highest BCUT2D eigenvalue weighted by atomic mass is 19.4. The van der Waals surface area contributed by atoms with Crippen molar-refractivity contribution in [2.24, 2.45) is 0 Å². The summed E-state index contributed by atoms with van der Waals surface area (Å²) in [4.78, 5) is 47.5. The number of methoxy groups -OCH3 is 2. The van der Waals surface area contributed by atoms with Crippen molar-refractivity contribution in [1.29, 1.82) is 0 Å². The topological polar surface area (TPSA) is 147 Å². The molecule has 2 unspecified atom stereocenters. The van der Waals surface area contributed by atoms with Crippen molar-refractivity contribution < 1.29 is 45.8 Å². The van der Waals surface area contributed by atoms with E-state index in [0.717, 1.165) is 37.6 Å². The summed E-state index contributed by atoms with van der Waals surface area (Å²) in [5.74, 6) is -3.35. The molecule has 0 aliphatic carbocycles. The van der Waals surface area contributed by atoms with Crippen LogP contribution in [0.5, 0.6) is 0 Å². The van der Waals surface area contributed by atoms with Gasteiger partial charge in [-0.1, -0.05) is 6.07 Å². The number of urea groups is 2. The van der Waals surface area contributed by atoms with Crippen LogP contribution >= 0.6 is 0 Å². The fourth-order valence-electron chi connectivity index (χ4n) is 5.01. The summed E-state index contributed by atoms with van der Waals surface area (Å²) < 4.78 is 77.1. The molecular formula is C27H30F5N7O5. The smallest absolute Gasteiger partial charge is 0.433 e. The molecule has 12 nitrogen and oxygen atoms in total. The fourth-order valence-corrected chi connectivity index (χ4v) is 5.01. The second-order valence-electron chi connectivity index (χ2n) is 9.90. The number of hydrogen-bond donors (Lipinski definition) is 4. The molecular weight excluding hydrogens is 597 g/mol. The Bertz CT molecular complexity index is 1420. The van der Waals surface area contributed by atoms with Gasteiger partial charge in [-0.3, -0.25) is 0 Å². The number of nitrogens with zero attached hydrogens (tertiary/aromatic N) is 3. The Labute approximate surface area is 248 Å². The van der Waals surface area contributed by atoms with Crippen molar-refractivity contribution >= 4 is 18.0 Å². The number of alkyl halides is 3. The molecule has 4 amide bonds. The van der Waals surface area contributed by atoms with Crippen LogP contribution in [0.25, 0.3) is 0 Å². The zero-order chi connectivity index (χ0) is 32.0. The van der Waals surface area contributed by atoms with Crippen molar-refractivity contribution in [3.63, 3.8) is 0 Å². The lowest BCUT2D eigenvalue weighted by molar-refractivity contribution is -0.141. The number of piperidine rings is 1. The van der Waals surface area contributed by atoms with Gasteiger partial charge in [0.05, 0.1) is 31.0 Å². The van der Waals surface area contributed by atoms with Gasteiger partial charge in [0.2, 0.25) is 0 Å². The molecule has 2 aliphatic heterocycles. The van der Waals surface area contributed by atoms with Gasteiger partial charge in [-0.2, -0.15) is 13.2 Å². The van der Waals surface area contributed by atoms with Crippen LogP contribution in [0.3, 0.4) is 0 Å². The number of esters is 1. The lowest BCUT2D eigenvalue weighted by atomic mass is 9.93. The highest BCUT2D eigenvalue weighted by molar-refractivity contribution is 6.01. The van der Waals surface area contributed by atoms with Gasteiger partial charge in [-0.05, 0) is 43.1 Å². The summed E-state index contributed by atoms with van der Waals surface area (Å²) in [6, 6.07) is -0.557. The predicted molar refractivity (Wildman–Crippen MR) is 143 cm³/mol. The molecule has 2 aliphatic rings. The first-order valence-corrected chi connectivity index (χ1v) is 13.4. The number of carbonyl (C=O) groups is 3. The van der Waals surface area contributed by atoms with Gasteiger partial charge < -0.3 is 30.7 Å². The van der Waals surface area contributed by atoms with Gasteiger partial charge in [0.1, 0.15) is 17.6 Å². The van der Waals surface area contributed by atoms with Gasteiger partial charge in [0, 0.05) is 32.4 Å². The Morgan fingerprint density at radius 3 is 2.59 bits per heavy atom. The number of nitrogens with one attached hydrogen (secondary N) is 4. The largest absolute Gasteiger partial charge is 0.466 e. The maximum absolute atomic E-state index is 14.2. The average molecular weight is 628 g/mol. The van der Waals surface area contributed by atoms with Crippen molar-refractivity contribution in [2.75, 3.05) is 40.5 Å². The van der Waals surface area contributed by atoms with E-state index in [9.17, 15) is 36.3 Å². The SMILES string of the molecule is COCC1=C(C(=O)OC)[C@H](c2ccc(F)c(F)c2)N(C(=O)NCCNC2CCNC(c3nccc(C(F)(F)F)n3)C2)C(=O)N1. The molecule has 0 saturated carbocycles. The zero-order valence-corrected chi connectivity index (χ0v) is 23.6. The van der Waals surface area contributed by atoms with Crippen molar-refractivity contribution in [1.82, 2.24) is 36.1 Å². The van der Waals surface area contributed by atoms with Crippen LogP contribution in [0.15, 0.2) is 41.7 Å². The van der Waals surface area contributed by atoms with Gasteiger partial charge in [-0.25, -0.2) is 38.0 Å². The monoisotopic (exact) mass is 627 g/mol. The Morgan fingerprint density at radius 2 is 1.91 bits per heavy atom. The van der Waals surface area contributed by atoms with E-state index in [1.807, 2.05) is 0 Å². The zero-order valence-electron chi connectivity index (χ0n) is 23.6. The number of aromatic nitrogens is 2. The van der Waals surface area contributed by atoms with E-state index in [4.69, 9.17) is 9.47 Å².